The molecule has 5 rings (SSSR count). The summed E-state index contributed by atoms with van der Waals surface area (Å²) in [7, 11) is 0. The highest BCUT2D eigenvalue weighted by Crippen LogP contribution is 2.59. The molecule has 1 aliphatic heterocycles. The molecule has 0 radical (unpaired) electrons. The molecular formula is C24H30O8. The Hall–Kier alpha value is -2.00. The van der Waals surface area contributed by atoms with Crippen molar-refractivity contribution in [2.45, 2.75) is 82.0 Å². The van der Waals surface area contributed by atoms with Crippen LogP contribution in [0, 0.1) is 17.3 Å². The minimum Gasteiger partial charge on any atom is -0.479 e. The van der Waals surface area contributed by atoms with Gasteiger partial charge in [-0.3, -0.25) is 4.79 Å². The van der Waals surface area contributed by atoms with Crippen molar-refractivity contribution in [2.75, 3.05) is 0 Å². The van der Waals surface area contributed by atoms with Crippen molar-refractivity contribution >= 4 is 11.8 Å². The number of ketones is 1. The number of rotatable bonds is 3. The number of aliphatic carboxylic acids is 1. The lowest BCUT2D eigenvalue weighted by Crippen LogP contribution is -2.61. The van der Waals surface area contributed by atoms with Crippen LogP contribution in [0.5, 0.6) is 5.75 Å². The van der Waals surface area contributed by atoms with Crippen molar-refractivity contribution in [3.05, 3.63) is 29.3 Å². The third kappa shape index (κ3) is 3.27. The average Bonchev–Trinajstić information content (AvgIpc) is 3.12. The van der Waals surface area contributed by atoms with Gasteiger partial charge in [0, 0.05) is 18.7 Å². The minimum absolute atomic E-state index is 0.0310. The fourth-order valence-electron chi connectivity index (χ4n) is 5.66. The number of hydrogen-bond donors (Lipinski definition) is 4. The molecule has 2 saturated carbocycles. The monoisotopic (exact) mass is 451 g/mol. The van der Waals surface area contributed by atoms with Gasteiger partial charge in [-0.25, -0.2) is 4.79 Å². The third-order valence-electron chi connectivity index (χ3n) is 7.59. The van der Waals surface area contributed by atoms with Crippen LogP contribution in [0.4, 0.5) is 0 Å². The van der Waals surface area contributed by atoms with Crippen molar-refractivity contribution in [2.24, 2.45) is 17.3 Å². The van der Waals surface area contributed by atoms with E-state index in [1.54, 1.807) is 6.92 Å². The largest absolute Gasteiger partial charge is 0.479 e. The van der Waals surface area contributed by atoms with Crippen LogP contribution in [0.2, 0.25) is 0 Å². The first-order valence-electron chi connectivity index (χ1n) is 13.3. The van der Waals surface area contributed by atoms with Gasteiger partial charge in [0.15, 0.2) is 6.10 Å². The second-order valence-corrected chi connectivity index (χ2v) is 9.32. The summed E-state index contributed by atoms with van der Waals surface area (Å²) in [6, 6.07) is 4.06. The van der Waals surface area contributed by atoms with Gasteiger partial charge < -0.3 is 29.9 Å². The van der Waals surface area contributed by atoms with Crippen LogP contribution in [-0.4, -0.2) is 62.9 Å². The van der Waals surface area contributed by atoms with E-state index in [9.17, 15) is 31.4 Å². The number of benzene rings is 1. The van der Waals surface area contributed by atoms with Crippen LogP contribution >= 0.6 is 0 Å². The van der Waals surface area contributed by atoms with Crippen LogP contribution in [0.1, 0.15) is 62.9 Å². The van der Waals surface area contributed by atoms with Gasteiger partial charge in [0.2, 0.25) is 6.29 Å². The van der Waals surface area contributed by atoms with Gasteiger partial charge >= 0.3 is 5.97 Å². The molecule has 174 valence electrons. The van der Waals surface area contributed by atoms with E-state index in [-0.39, 0.29) is 35.5 Å². The first-order valence-corrected chi connectivity index (χ1v) is 10.8. The number of fused-ring (bicyclic) bond motifs is 5. The number of carbonyl (C=O) groups excluding carboxylic acids is 1. The highest BCUT2D eigenvalue weighted by Gasteiger charge is 2.54. The molecule has 0 bridgehead atoms. The van der Waals surface area contributed by atoms with E-state index in [1.165, 1.54) is 18.2 Å². The normalized spacial score (nSPS) is 50.9. The number of carbonyl (C=O) groups is 2. The lowest BCUT2D eigenvalue weighted by molar-refractivity contribution is -0.271. The van der Waals surface area contributed by atoms with E-state index < -0.39 is 72.6 Å². The molecule has 4 aliphatic rings. The number of carboxylic acid groups (broad SMARTS) is 1. The van der Waals surface area contributed by atoms with Crippen molar-refractivity contribution in [3.63, 3.8) is 0 Å². The number of aryl methyl sites for hydroxylation is 1. The van der Waals surface area contributed by atoms with E-state index in [0.717, 1.165) is 0 Å². The highest BCUT2D eigenvalue weighted by molar-refractivity contribution is 5.87. The molecule has 3 fully saturated rings. The van der Waals surface area contributed by atoms with Crippen molar-refractivity contribution in [1.29, 1.82) is 0 Å². The zero-order chi connectivity index (χ0) is 27.3. The van der Waals surface area contributed by atoms with Crippen molar-refractivity contribution in [1.82, 2.24) is 0 Å². The maximum absolute atomic E-state index is 12.7. The first kappa shape index (κ1) is 16.6. The van der Waals surface area contributed by atoms with E-state index in [0.29, 0.717) is 12.8 Å². The molecule has 3 aliphatic carbocycles. The van der Waals surface area contributed by atoms with E-state index in [2.05, 4.69) is 0 Å². The zero-order valence-electron chi connectivity index (χ0n) is 22.5. The standard InChI is InChI=1S/C24H30O8/c1-24-9-8-14-13-5-3-12(10-11(13)2-4-15(14)16(24)6-7-17(24)25)31-23-20(28)18(26)19(27)21(32-23)22(29)30/h3,5,10,14-16,18-21,23,26-28H,2,4,6-9H2,1H3,(H,29,30)/t14-,15-,16+,18?,19+,20?,21+,23-,24+/m1/s1/i2D2,4D2,14D. The number of Topliss-reactive ketones (excluding diaryl/α,β-unsaturated/α-hetero) is 1. The van der Waals surface area contributed by atoms with Crippen LogP contribution in [0.3, 0.4) is 0 Å². The molecule has 1 heterocycles. The summed E-state index contributed by atoms with van der Waals surface area (Å²) in [5.41, 5.74) is -0.620. The number of ether oxygens (including phenoxy) is 2. The molecule has 8 heteroatoms. The van der Waals surface area contributed by atoms with Gasteiger partial charge in [0.05, 0.1) is 0 Å². The minimum atomic E-state index is -2.58. The van der Waals surface area contributed by atoms with E-state index in [4.69, 9.17) is 15.0 Å². The van der Waals surface area contributed by atoms with Gasteiger partial charge in [-0.05, 0) is 73.0 Å². The summed E-state index contributed by atoms with van der Waals surface area (Å²) < 4.78 is 55.6. The molecule has 0 aromatic heterocycles. The summed E-state index contributed by atoms with van der Waals surface area (Å²) in [4.78, 5) is 24.1. The molecule has 1 aromatic rings. The quantitative estimate of drug-likeness (QED) is 0.542. The fourth-order valence-corrected chi connectivity index (χ4v) is 5.66. The Labute approximate surface area is 193 Å². The summed E-state index contributed by atoms with van der Waals surface area (Å²) in [5.74, 6) is -4.69. The van der Waals surface area contributed by atoms with Gasteiger partial charge in [0.1, 0.15) is 29.8 Å². The zero-order valence-corrected chi connectivity index (χ0v) is 17.5. The molecule has 1 saturated heterocycles. The number of carboxylic acids is 1. The average molecular weight is 452 g/mol. The summed E-state index contributed by atoms with van der Waals surface area (Å²) in [5, 5.41) is 39.5. The fraction of sp³-hybridized carbons (Fsp3) is 0.667. The molecule has 8 nitrogen and oxygen atoms in total. The van der Waals surface area contributed by atoms with Gasteiger partial charge in [-0.1, -0.05) is 13.0 Å². The van der Waals surface area contributed by atoms with Gasteiger partial charge in [-0.2, -0.15) is 0 Å². The molecule has 1 aromatic carbocycles. The number of aliphatic hydroxyl groups excluding tert-OH is 3. The Morgan fingerprint density at radius 2 is 2.03 bits per heavy atom. The van der Waals surface area contributed by atoms with Crippen LogP contribution in [-0.2, 0) is 20.7 Å². The topological polar surface area (TPSA) is 134 Å². The lowest BCUT2D eigenvalue weighted by Gasteiger charge is -2.48. The Morgan fingerprint density at radius 3 is 2.78 bits per heavy atom. The molecular weight excluding hydrogens is 416 g/mol. The van der Waals surface area contributed by atoms with Gasteiger partial charge in [0.25, 0.3) is 0 Å². The SMILES string of the molecule is [2H]C1([2H])c2cc(O[C@@H]3O[C@H](C(=O)O)[C@@H](O)C(O)C3O)ccc2[C@@]2([2H])CC[C@]3(C)C(=O)CC[C@H]3[C@@H]2C1([2H])[2H]. The third-order valence-corrected chi connectivity index (χ3v) is 7.59. The number of hydrogen-bond acceptors (Lipinski definition) is 7. The Kier molecular flexibility index (Phi) is 4.04. The van der Waals surface area contributed by atoms with Crippen LogP contribution in [0.15, 0.2) is 18.2 Å². The second kappa shape index (κ2) is 7.80. The Balaban J connectivity index is 1.54. The molecule has 2 unspecified atom stereocenters. The number of aliphatic hydroxyl groups is 3. The maximum Gasteiger partial charge on any atom is 0.335 e. The molecule has 0 amide bonds. The molecule has 4 N–H and O–H groups in total. The predicted octanol–water partition coefficient (Wildman–Crippen LogP) is 1.38. The molecule has 32 heavy (non-hydrogen) atoms. The second-order valence-electron chi connectivity index (χ2n) is 9.32. The first-order chi connectivity index (χ1) is 17.1. The smallest absolute Gasteiger partial charge is 0.335 e. The summed E-state index contributed by atoms with van der Waals surface area (Å²) >= 11 is 0. The Bertz CT molecular complexity index is 1150. The predicted molar refractivity (Wildman–Crippen MR) is 111 cm³/mol. The summed E-state index contributed by atoms with van der Waals surface area (Å²) in [6.07, 6.45) is -13.0. The molecule has 9 atom stereocenters. The van der Waals surface area contributed by atoms with Crippen LogP contribution < -0.4 is 4.74 Å². The Morgan fingerprint density at radius 1 is 1.25 bits per heavy atom. The lowest BCUT2D eigenvalue weighted by atomic mass is 9.55. The van der Waals surface area contributed by atoms with Crippen molar-refractivity contribution < 1.29 is 46.3 Å². The van der Waals surface area contributed by atoms with E-state index >= 15 is 0 Å². The van der Waals surface area contributed by atoms with E-state index in [1.807, 2.05) is 0 Å². The highest BCUT2D eigenvalue weighted by atomic mass is 16.7. The molecule has 0 spiro atoms. The van der Waals surface area contributed by atoms with Gasteiger partial charge in [-0.15, -0.1) is 0 Å². The van der Waals surface area contributed by atoms with Crippen LogP contribution in [0.25, 0.3) is 0 Å². The summed E-state index contributed by atoms with van der Waals surface area (Å²) in [6.45, 7) is 1.80. The maximum atomic E-state index is 12.7. The van der Waals surface area contributed by atoms with Crippen molar-refractivity contribution in [3.8, 4) is 5.75 Å².